The van der Waals surface area contributed by atoms with E-state index in [-0.39, 0.29) is 0 Å². The zero-order valence-corrected chi connectivity index (χ0v) is 12.6. The van der Waals surface area contributed by atoms with E-state index in [1.807, 2.05) is 19.9 Å². The third-order valence-corrected chi connectivity index (χ3v) is 4.08. The van der Waals surface area contributed by atoms with Crippen molar-refractivity contribution in [2.24, 2.45) is 0 Å². The lowest BCUT2D eigenvalue weighted by atomic mass is 10.1. The van der Waals surface area contributed by atoms with Gasteiger partial charge in [0.05, 0.1) is 10.7 Å². The number of unbranched alkanes of at least 4 members (excludes halogenated alkanes) is 5. The Labute approximate surface area is 115 Å². The second-order valence-electron chi connectivity index (χ2n) is 4.83. The van der Waals surface area contributed by atoms with Gasteiger partial charge in [-0.1, -0.05) is 39.0 Å². The Bertz CT molecular complexity index is 343. The highest BCUT2D eigenvalue weighted by Gasteiger charge is 2.05. The van der Waals surface area contributed by atoms with Gasteiger partial charge in [0.1, 0.15) is 5.75 Å². The van der Waals surface area contributed by atoms with Crippen molar-refractivity contribution < 1.29 is 5.11 Å². The highest BCUT2D eigenvalue weighted by molar-refractivity contribution is 7.99. The maximum absolute atomic E-state index is 9.65. The molecule has 0 aliphatic carbocycles. The van der Waals surface area contributed by atoms with Crippen LogP contribution in [0.25, 0.3) is 0 Å². The number of rotatable bonds is 8. The van der Waals surface area contributed by atoms with Crippen molar-refractivity contribution in [3.05, 3.63) is 17.3 Å². The molecule has 3 heteroatoms. The van der Waals surface area contributed by atoms with Crippen molar-refractivity contribution in [3.8, 4) is 5.75 Å². The third-order valence-electron chi connectivity index (χ3n) is 3.08. The van der Waals surface area contributed by atoms with Gasteiger partial charge in [0, 0.05) is 0 Å². The van der Waals surface area contributed by atoms with E-state index < -0.39 is 0 Å². The van der Waals surface area contributed by atoms with Gasteiger partial charge in [-0.05, 0) is 37.7 Å². The fourth-order valence-corrected chi connectivity index (χ4v) is 2.94. The second-order valence-corrected chi connectivity index (χ2v) is 5.94. The molecule has 0 bridgehead atoms. The molecule has 0 aliphatic heterocycles. The number of pyridine rings is 1. The molecular weight excluding hydrogens is 242 g/mol. The molecular formula is C15H25NOS. The van der Waals surface area contributed by atoms with Crippen LogP contribution in [0.15, 0.2) is 11.1 Å². The molecule has 1 aromatic heterocycles. The molecule has 18 heavy (non-hydrogen) atoms. The average molecular weight is 267 g/mol. The summed E-state index contributed by atoms with van der Waals surface area (Å²) < 4.78 is 0. The highest BCUT2D eigenvalue weighted by Crippen LogP contribution is 2.26. The molecule has 0 atom stereocenters. The molecule has 0 saturated heterocycles. The highest BCUT2D eigenvalue weighted by atomic mass is 32.2. The predicted molar refractivity (Wildman–Crippen MR) is 79.5 cm³/mol. The minimum atomic E-state index is 0.332. The Kier molecular flexibility index (Phi) is 7.18. The minimum absolute atomic E-state index is 0.332. The summed E-state index contributed by atoms with van der Waals surface area (Å²) in [5.41, 5.74) is 1.66. The van der Waals surface area contributed by atoms with Gasteiger partial charge in [0.2, 0.25) is 0 Å². The minimum Gasteiger partial charge on any atom is -0.506 e. The molecule has 0 spiro atoms. The van der Waals surface area contributed by atoms with Gasteiger partial charge in [-0.3, -0.25) is 0 Å². The van der Waals surface area contributed by atoms with E-state index in [9.17, 15) is 5.11 Å². The maximum Gasteiger partial charge on any atom is 0.139 e. The van der Waals surface area contributed by atoms with Crippen LogP contribution in [0.1, 0.15) is 56.7 Å². The van der Waals surface area contributed by atoms with Gasteiger partial charge >= 0.3 is 0 Å². The van der Waals surface area contributed by atoms with Crippen LogP contribution in [0, 0.1) is 13.8 Å². The van der Waals surface area contributed by atoms with Gasteiger partial charge in [-0.15, -0.1) is 11.8 Å². The largest absolute Gasteiger partial charge is 0.506 e. The molecule has 1 rings (SSSR count). The monoisotopic (exact) mass is 267 g/mol. The van der Waals surface area contributed by atoms with Crippen molar-refractivity contribution in [1.29, 1.82) is 0 Å². The predicted octanol–water partition coefficient (Wildman–Crippen LogP) is 4.86. The summed E-state index contributed by atoms with van der Waals surface area (Å²) in [5.74, 6) is 1.46. The molecule has 0 fully saturated rings. The van der Waals surface area contributed by atoms with Crippen LogP contribution < -0.4 is 0 Å². The van der Waals surface area contributed by atoms with Gasteiger partial charge in [0.25, 0.3) is 0 Å². The number of aryl methyl sites for hydroxylation is 2. The Hall–Kier alpha value is -0.700. The number of aromatic nitrogens is 1. The summed E-state index contributed by atoms with van der Waals surface area (Å²) in [4.78, 5) is 4.39. The zero-order chi connectivity index (χ0) is 13.4. The number of aromatic hydroxyl groups is 1. The van der Waals surface area contributed by atoms with E-state index in [2.05, 4.69) is 11.9 Å². The number of thioether (sulfide) groups is 1. The first-order valence-corrected chi connectivity index (χ1v) is 7.93. The molecule has 1 aromatic rings. The molecule has 0 unspecified atom stereocenters. The van der Waals surface area contributed by atoms with E-state index in [4.69, 9.17) is 0 Å². The first-order valence-electron chi connectivity index (χ1n) is 6.95. The Morgan fingerprint density at radius 2 is 1.78 bits per heavy atom. The topological polar surface area (TPSA) is 33.1 Å². The van der Waals surface area contributed by atoms with Gasteiger partial charge < -0.3 is 5.11 Å². The SMILES string of the molecule is CCCCCCCCSc1cc(C)c(O)c(C)n1. The van der Waals surface area contributed by atoms with Gasteiger partial charge in [-0.25, -0.2) is 4.98 Å². The number of hydrogen-bond donors (Lipinski definition) is 1. The van der Waals surface area contributed by atoms with Crippen LogP contribution in [-0.2, 0) is 0 Å². The smallest absolute Gasteiger partial charge is 0.139 e. The molecule has 1 heterocycles. The Balaban J connectivity index is 2.23. The summed E-state index contributed by atoms with van der Waals surface area (Å²) in [6.45, 7) is 6.03. The Morgan fingerprint density at radius 1 is 1.11 bits per heavy atom. The molecule has 0 aliphatic rings. The normalized spacial score (nSPS) is 10.8. The summed E-state index contributed by atoms with van der Waals surface area (Å²) in [6, 6.07) is 1.98. The van der Waals surface area contributed by atoms with Gasteiger partial charge in [-0.2, -0.15) is 0 Å². The lowest BCUT2D eigenvalue weighted by Gasteiger charge is -2.06. The van der Waals surface area contributed by atoms with E-state index in [0.29, 0.717) is 5.75 Å². The van der Waals surface area contributed by atoms with E-state index in [1.54, 1.807) is 11.8 Å². The van der Waals surface area contributed by atoms with Crippen LogP contribution in [0.5, 0.6) is 5.75 Å². The molecule has 102 valence electrons. The van der Waals surface area contributed by atoms with E-state index in [0.717, 1.165) is 22.0 Å². The molecule has 1 N–H and O–H groups in total. The van der Waals surface area contributed by atoms with E-state index >= 15 is 0 Å². The number of nitrogens with zero attached hydrogens (tertiary/aromatic N) is 1. The fourth-order valence-electron chi connectivity index (χ4n) is 1.92. The summed E-state index contributed by atoms with van der Waals surface area (Å²) in [5, 5.41) is 10.7. The maximum atomic E-state index is 9.65. The molecule has 0 radical (unpaired) electrons. The molecule has 0 aromatic carbocycles. The molecule has 2 nitrogen and oxygen atoms in total. The first-order chi connectivity index (χ1) is 8.65. The van der Waals surface area contributed by atoms with Crippen molar-refractivity contribution in [1.82, 2.24) is 4.98 Å². The van der Waals surface area contributed by atoms with Crippen LogP contribution >= 0.6 is 11.8 Å². The summed E-state index contributed by atoms with van der Waals surface area (Å²) in [7, 11) is 0. The van der Waals surface area contributed by atoms with Crippen molar-refractivity contribution in [3.63, 3.8) is 0 Å². The van der Waals surface area contributed by atoms with Crippen LogP contribution in [-0.4, -0.2) is 15.8 Å². The van der Waals surface area contributed by atoms with Crippen molar-refractivity contribution in [2.75, 3.05) is 5.75 Å². The lowest BCUT2D eigenvalue weighted by molar-refractivity contribution is 0.462. The van der Waals surface area contributed by atoms with Crippen LogP contribution in [0.3, 0.4) is 0 Å². The molecule has 0 saturated carbocycles. The summed E-state index contributed by atoms with van der Waals surface area (Å²) >= 11 is 1.80. The third kappa shape index (κ3) is 5.30. The Morgan fingerprint density at radius 3 is 2.44 bits per heavy atom. The van der Waals surface area contributed by atoms with Crippen LogP contribution in [0.2, 0.25) is 0 Å². The van der Waals surface area contributed by atoms with Gasteiger partial charge in [0.15, 0.2) is 0 Å². The standard InChI is InChI=1S/C15H25NOS/c1-4-5-6-7-8-9-10-18-14-11-12(2)15(17)13(3)16-14/h11,17H,4-10H2,1-3H3. The first kappa shape index (κ1) is 15.4. The second kappa shape index (κ2) is 8.41. The lowest BCUT2D eigenvalue weighted by Crippen LogP contribution is -1.90. The van der Waals surface area contributed by atoms with E-state index in [1.165, 1.54) is 38.5 Å². The fraction of sp³-hybridized carbons (Fsp3) is 0.667. The van der Waals surface area contributed by atoms with Crippen molar-refractivity contribution >= 4 is 11.8 Å². The molecule has 0 amide bonds. The van der Waals surface area contributed by atoms with Crippen LogP contribution in [0.4, 0.5) is 0 Å². The van der Waals surface area contributed by atoms with Crippen molar-refractivity contribution in [2.45, 2.75) is 64.3 Å². The zero-order valence-electron chi connectivity index (χ0n) is 11.8. The quantitative estimate of drug-likeness (QED) is 0.539. The number of hydrogen-bond acceptors (Lipinski definition) is 3. The summed E-state index contributed by atoms with van der Waals surface area (Å²) in [6.07, 6.45) is 7.99. The average Bonchev–Trinajstić information content (AvgIpc) is 2.34.